The van der Waals surface area contributed by atoms with E-state index >= 15 is 0 Å². The number of hydrogen-bond acceptors (Lipinski definition) is 3. The van der Waals surface area contributed by atoms with Gasteiger partial charge in [-0.15, -0.1) is 0 Å². The first-order valence-electron chi connectivity index (χ1n) is 4.12. The van der Waals surface area contributed by atoms with E-state index in [1.165, 1.54) is 6.07 Å². The predicted molar refractivity (Wildman–Crippen MR) is 52.0 cm³/mol. The third kappa shape index (κ3) is 1.25. The molecular weight excluding hydrogens is 185 g/mol. The van der Waals surface area contributed by atoms with Crippen molar-refractivity contribution in [3.63, 3.8) is 0 Å². The molecule has 0 aliphatic heterocycles. The van der Waals surface area contributed by atoms with E-state index in [1.807, 2.05) is 0 Å². The van der Waals surface area contributed by atoms with Crippen molar-refractivity contribution in [1.29, 1.82) is 0 Å². The minimum absolute atomic E-state index is 0.00324. The summed E-state index contributed by atoms with van der Waals surface area (Å²) in [5, 5.41) is 3.24. The second-order valence-corrected chi connectivity index (χ2v) is 2.86. The van der Waals surface area contributed by atoms with Crippen LogP contribution in [0.3, 0.4) is 0 Å². The maximum Gasteiger partial charge on any atom is 0.359 e. The van der Waals surface area contributed by atoms with Gasteiger partial charge in [0.1, 0.15) is 5.69 Å². The van der Waals surface area contributed by atoms with Gasteiger partial charge in [0.2, 0.25) is 0 Å². The topological polar surface area (TPSA) is 42.2 Å². The van der Waals surface area contributed by atoms with E-state index in [-0.39, 0.29) is 5.58 Å². The van der Waals surface area contributed by atoms with Crippen LogP contribution in [0.4, 0.5) is 10.1 Å². The Balaban J connectivity index is 2.86. The van der Waals surface area contributed by atoms with Gasteiger partial charge >= 0.3 is 5.63 Å². The van der Waals surface area contributed by atoms with Crippen LogP contribution in [-0.4, -0.2) is 7.05 Å². The van der Waals surface area contributed by atoms with E-state index in [9.17, 15) is 9.18 Å². The molecule has 0 atom stereocenters. The van der Waals surface area contributed by atoms with E-state index in [2.05, 4.69) is 5.32 Å². The molecule has 2 aromatic rings. The first kappa shape index (κ1) is 8.74. The van der Waals surface area contributed by atoms with E-state index in [0.29, 0.717) is 11.1 Å². The standard InChI is InChI=1S/C10H8FNO2/c1-12-8-5-6-3-2-4-7(11)9(6)14-10(8)13/h2-5,12H,1H3. The fraction of sp³-hybridized carbons (Fsp3) is 0.100. The lowest BCUT2D eigenvalue weighted by molar-refractivity contribution is 0.526. The monoisotopic (exact) mass is 193 g/mol. The third-order valence-corrected chi connectivity index (χ3v) is 1.98. The number of fused-ring (bicyclic) bond motifs is 1. The minimum atomic E-state index is -0.565. The van der Waals surface area contributed by atoms with Crippen LogP contribution in [-0.2, 0) is 0 Å². The Morgan fingerprint density at radius 2 is 2.21 bits per heavy atom. The molecule has 4 heteroatoms. The van der Waals surface area contributed by atoms with Crippen LogP contribution in [0.5, 0.6) is 0 Å². The molecule has 2 rings (SSSR count). The molecular formula is C10H8FNO2. The fourth-order valence-corrected chi connectivity index (χ4v) is 1.28. The summed E-state index contributed by atoms with van der Waals surface area (Å²) in [6.07, 6.45) is 0. The molecule has 1 aromatic heterocycles. The minimum Gasteiger partial charge on any atom is -0.418 e. The molecule has 0 radical (unpaired) electrons. The molecule has 0 saturated heterocycles. The molecule has 3 nitrogen and oxygen atoms in total. The van der Waals surface area contributed by atoms with Gasteiger partial charge < -0.3 is 9.73 Å². The zero-order valence-electron chi connectivity index (χ0n) is 7.50. The molecule has 0 unspecified atom stereocenters. The maximum absolute atomic E-state index is 13.1. The Bertz CT molecular complexity index is 533. The van der Waals surface area contributed by atoms with Crippen LogP contribution in [0.15, 0.2) is 33.5 Å². The predicted octanol–water partition coefficient (Wildman–Crippen LogP) is 1.97. The van der Waals surface area contributed by atoms with Gasteiger partial charge in [0.05, 0.1) is 0 Å². The van der Waals surface area contributed by atoms with Crippen molar-refractivity contribution in [2.75, 3.05) is 12.4 Å². The number of para-hydroxylation sites is 1. The van der Waals surface area contributed by atoms with Crippen LogP contribution in [0.1, 0.15) is 0 Å². The largest absolute Gasteiger partial charge is 0.418 e. The number of anilines is 1. The number of benzene rings is 1. The van der Waals surface area contributed by atoms with E-state index in [0.717, 1.165) is 0 Å². The second kappa shape index (κ2) is 3.14. The summed E-state index contributed by atoms with van der Waals surface area (Å²) >= 11 is 0. The molecule has 0 aliphatic rings. The average molecular weight is 193 g/mol. The highest BCUT2D eigenvalue weighted by Crippen LogP contribution is 2.17. The van der Waals surface area contributed by atoms with Crippen molar-refractivity contribution < 1.29 is 8.81 Å². The van der Waals surface area contributed by atoms with Gasteiger partial charge in [0.25, 0.3) is 0 Å². The van der Waals surface area contributed by atoms with Gasteiger partial charge in [-0.25, -0.2) is 9.18 Å². The molecule has 72 valence electrons. The van der Waals surface area contributed by atoms with E-state index in [4.69, 9.17) is 4.42 Å². The molecule has 1 aromatic carbocycles. The molecule has 0 aliphatic carbocycles. The Hall–Kier alpha value is -1.84. The fourth-order valence-electron chi connectivity index (χ4n) is 1.28. The highest BCUT2D eigenvalue weighted by atomic mass is 19.1. The van der Waals surface area contributed by atoms with Crippen molar-refractivity contribution in [1.82, 2.24) is 0 Å². The third-order valence-electron chi connectivity index (χ3n) is 1.98. The number of rotatable bonds is 1. The van der Waals surface area contributed by atoms with Crippen LogP contribution >= 0.6 is 0 Å². The van der Waals surface area contributed by atoms with Gasteiger partial charge in [-0.3, -0.25) is 0 Å². The van der Waals surface area contributed by atoms with Gasteiger partial charge in [-0.2, -0.15) is 0 Å². The smallest absolute Gasteiger partial charge is 0.359 e. The lowest BCUT2D eigenvalue weighted by Gasteiger charge is -2.00. The first-order chi connectivity index (χ1) is 6.72. The van der Waals surface area contributed by atoms with Crippen molar-refractivity contribution in [3.05, 3.63) is 40.5 Å². The van der Waals surface area contributed by atoms with Gasteiger partial charge in [-0.1, -0.05) is 12.1 Å². The summed E-state index contributed by atoms with van der Waals surface area (Å²) < 4.78 is 18.0. The van der Waals surface area contributed by atoms with E-state index in [1.54, 1.807) is 25.2 Å². The van der Waals surface area contributed by atoms with Crippen molar-refractivity contribution >= 4 is 16.7 Å². The molecule has 0 amide bonds. The first-order valence-corrected chi connectivity index (χ1v) is 4.12. The highest BCUT2D eigenvalue weighted by molar-refractivity contribution is 5.79. The van der Waals surface area contributed by atoms with Crippen molar-refractivity contribution in [3.8, 4) is 0 Å². The summed E-state index contributed by atoms with van der Waals surface area (Å²) in [7, 11) is 1.61. The lowest BCUT2D eigenvalue weighted by Crippen LogP contribution is -2.06. The van der Waals surface area contributed by atoms with Crippen LogP contribution in [0.25, 0.3) is 11.0 Å². The van der Waals surface area contributed by atoms with Gasteiger partial charge in [0.15, 0.2) is 11.4 Å². The summed E-state index contributed by atoms with van der Waals surface area (Å²) in [6.45, 7) is 0. The van der Waals surface area contributed by atoms with Crippen LogP contribution < -0.4 is 10.9 Å². The zero-order valence-corrected chi connectivity index (χ0v) is 7.50. The van der Waals surface area contributed by atoms with Crippen molar-refractivity contribution in [2.45, 2.75) is 0 Å². The number of nitrogens with one attached hydrogen (secondary N) is 1. The summed E-state index contributed by atoms with van der Waals surface area (Å²) in [4.78, 5) is 11.2. The Labute approximate surface area is 79.2 Å². The molecule has 0 spiro atoms. The van der Waals surface area contributed by atoms with Crippen LogP contribution in [0.2, 0.25) is 0 Å². The average Bonchev–Trinajstić information content (AvgIpc) is 2.19. The van der Waals surface area contributed by atoms with Crippen molar-refractivity contribution in [2.24, 2.45) is 0 Å². The molecule has 14 heavy (non-hydrogen) atoms. The molecule has 0 bridgehead atoms. The summed E-state index contributed by atoms with van der Waals surface area (Å²) in [5.74, 6) is -0.526. The highest BCUT2D eigenvalue weighted by Gasteiger charge is 2.06. The lowest BCUT2D eigenvalue weighted by atomic mass is 10.2. The maximum atomic E-state index is 13.1. The SMILES string of the molecule is CNc1cc2cccc(F)c2oc1=O. The van der Waals surface area contributed by atoms with Gasteiger partial charge in [0, 0.05) is 12.4 Å². The summed E-state index contributed by atoms with van der Waals surface area (Å²) in [5.41, 5.74) is -0.246. The molecule has 1 N–H and O–H groups in total. The summed E-state index contributed by atoms with van der Waals surface area (Å²) in [6, 6.07) is 6.06. The molecule has 0 fully saturated rings. The second-order valence-electron chi connectivity index (χ2n) is 2.86. The number of halogens is 1. The molecule has 1 heterocycles. The Morgan fingerprint density at radius 3 is 2.93 bits per heavy atom. The van der Waals surface area contributed by atoms with E-state index < -0.39 is 11.4 Å². The zero-order chi connectivity index (χ0) is 10.1. The number of hydrogen-bond donors (Lipinski definition) is 1. The molecule has 0 saturated carbocycles. The van der Waals surface area contributed by atoms with Crippen LogP contribution in [0, 0.1) is 5.82 Å². The Morgan fingerprint density at radius 1 is 1.43 bits per heavy atom. The normalized spacial score (nSPS) is 10.4. The Kier molecular flexibility index (Phi) is 1.96. The van der Waals surface area contributed by atoms with Gasteiger partial charge in [-0.05, 0) is 12.1 Å². The quantitative estimate of drug-likeness (QED) is 0.704.